The highest BCUT2D eigenvalue weighted by Gasteiger charge is 2.34. The van der Waals surface area contributed by atoms with Crippen LogP contribution in [-0.2, 0) is 10.0 Å². The summed E-state index contributed by atoms with van der Waals surface area (Å²) < 4.78 is 64.8. The number of hydrogen-bond acceptors (Lipinski definition) is 4. The van der Waals surface area contributed by atoms with E-state index in [0.717, 1.165) is 0 Å². The maximum Gasteiger partial charge on any atom is 0.446 e. The summed E-state index contributed by atoms with van der Waals surface area (Å²) in [5, 5.41) is 0. The van der Waals surface area contributed by atoms with Crippen LogP contribution < -0.4 is 0 Å². The number of alkyl halides is 3. The van der Waals surface area contributed by atoms with E-state index in [2.05, 4.69) is 0 Å². The van der Waals surface area contributed by atoms with Gasteiger partial charge in [0.2, 0.25) is 10.0 Å². The number of carbonyl (C=O) groups is 1. The Morgan fingerprint density at radius 3 is 2.07 bits per heavy atom. The average Bonchev–Trinajstić information content (AvgIpc) is 2.67. The molecule has 0 radical (unpaired) electrons. The molecule has 0 atom stereocenters. The normalized spacial score (nSPS) is 16.2. The Kier molecular flexibility index (Phi) is 6.01. The Morgan fingerprint density at radius 2 is 1.46 bits per heavy atom. The van der Waals surface area contributed by atoms with Gasteiger partial charge in [-0.1, -0.05) is 30.3 Å². The van der Waals surface area contributed by atoms with E-state index in [1.54, 1.807) is 18.2 Å². The Hall–Kier alpha value is -2.04. The lowest BCUT2D eigenvalue weighted by Crippen LogP contribution is -2.50. The van der Waals surface area contributed by atoms with Crippen molar-refractivity contribution in [2.24, 2.45) is 0 Å². The monoisotopic (exact) mass is 430 g/mol. The molecule has 1 saturated heterocycles. The molecule has 2 aromatic rings. The molecule has 1 aliphatic heterocycles. The molecule has 0 aliphatic carbocycles. The minimum atomic E-state index is -4.50. The number of rotatable bonds is 4. The molecule has 1 heterocycles. The van der Waals surface area contributed by atoms with Gasteiger partial charge < -0.3 is 4.90 Å². The smallest absolute Gasteiger partial charge is 0.336 e. The van der Waals surface area contributed by atoms with E-state index in [9.17, 15) is 26.4 Å². The van der Waals surface area contributed by atoms with Crippen molar-refractivity contribution >= 4 is 27.7 Å². The van der Waals surface area contributed by atoms with Gasteiger partial charge >= 0.3 is 5.51 Å². The van der Waals surface area contributed by atoms with Crippen molar-refractivity contribution in [2.45, 2.75) is 15.3 Å². The Labute approximate surface area is 165 Å². The molecular formula is C18H17F3N2O3S2. The van der Waals surface area contributed by atoms with E-state index in [1.165, 1.54) is 45.6 Å². The third kappa shape index (κ3) is 4.68. The quantitative estimate of drug-likeness (QED) is 0.698. The van der Waals surface area contributed by atoms with Gasteiger partial charge in [0.15, 0.2) is 0 Å². The second-order valence-corrected chi connectivity index (χ2v) is 9.10. The molecule has 0 spiro atoms. The minimum absolute atomic E-state index is 0.0378. The summed E-state index contributed by atoms with van der Waals surface area (Å²) in [5.74, 6) is -0.538. The van der Waals surface area contributed by atoms with Crippen molar-refractivity contribution in [1.29, 1.82) is 0 Å². The lowest BCUT2D eigenvalue weighted by atomic mass is 10.2. The van der Waals surface area contributed by atoms with E-state index in [0.29, 0.717) is 0 Å². The predicted molar refractivity (Wildman–Crippen MR) is 99.5 cm³/mol. The summed E-state index contributed by atoms with van der Waals surface area (Å²) in [6, 6.07) is 13.5. The first-order chi connectivity index (χ1) is 13.2. The van der Waals surface area contributed by atoms with Crippen molar-refractivity contribution in [1.82, 2.24) is 9.21 Å². The van der Waals surface area contributed by atoms with Crippen molar-refractivity contribution in [3.63, 3.8) is 0 Å². The van der Waals surface area contributed by atoms with Crippen LogP contribution in [0.25, 0.3) is 0 Å². The first-order valence-electron chi connectivity index (χ1n) is 8.38. The number of sulfonamides is 1. The van der Waals surface area contributed by atoms with Crippen LogP contribution in [-0.4, -0.2) is 55.2 Å². The number of hydrogen-bond donors (Lipinski definition) is 0. The Balaban J connectivity index is 1.71. The average molecular weight is 430 g/mol. The third-order valence-electron chi connectivity index (χ3n) is 4.25. The lowest BCUT2D eigenvalue weighted by molar-refractivity contribution is -0.0328. The van der Waals surface area contributed by atoms with Crippen molar-refractivity contribution in [2.75, 3.05) is 26.2 Å². The van der Waals surface area contributed by atoms with Gasteiger partial charge in [-0.2, -0.15) is 17.5 Å². The number of amides is 1. The fourth-order valence-corrected chi connectivity index (χ4v) is 5.00. The Morgan fingerprint density at radius 1 is 0.893 bits per heavy atom. The molecule has 0 aromatic heterocycles. The zero-order valence-corrected chi connectivity index (χ0v) is 16.2. The van der Waals surface area contributed by atoms with E-state index in [4.69, 9.17) is 0 Å². The van der Waals surface area contributed by atoms with Crippen LogP contribution in [0.4, 0.5) is 13.2 Å². The summed E-state index contributed by atoms with van der Waals surface area (Å²) in [6.45, 7) is 0.376. The third-order valence-corrected chi connectivity index (χ3v) is 6.97. The van der Waals surface area contributed by atoms with Crippen molar-refractivity contribution in [3.05, 3.63) is 60.2 Å². The maximum absolute atomic E-state index is 12.7. The van der Waals surface area contributed by atoms with E-state index in [1.807, 2.05) is 0 Å². The molecule has 2 aromatic carbocycles. The molecule has 0 bridgehead atoms. The molecule has 5 nitrogen and oxygen atoms in total. The SMILES string of the molecule is O=C(c1ccccc1SC(F)(F)F)N1CCN(S(=O)(=O)c2ccccc2)CC1. The largest absolute Gasteiger partial charge is 0.446 e. The molecule has 0 saturated carbocycles. The Bertz CT molecular complexity index is 942. The van der Waals surface area contributed by atoms with Crippen LogP contribution in [0, 0.1) is 0 Å². The van der Waals surface area contributed by atoms with Gasteiger partial charge in [0, 0.05) is 31.1 Å². The molecule has 10 heteroatoms. The fraction of sp³-hybridized carbons (Fsp3) is 0.278. The van der Waals surface area contributed by atoms with Gasteiger partial charge in [-0.3, -0.25) is 4.79 Å². The van der Waals surface area contributed by atoms with Crippen LogP contribution in [0.1, 0.15) is 10.4 Å². The first kappa shape index (κ1) is 20.7. The summed E-state index contributed by atoms with van der Waals surface area (Å²) in [6.07, 6.45) is 0. The van der Waals surface area contributed by atoms with Crippen molar-refractivity contribution in [3.8, 4) is 0 Å². The predicted octanol–water partition coefficient (Wildman–Crippen LogP) is 3.45. The summed E-state index contributed by atoms with van der Waals surface area (Å²) in [4.78, 5) is 14.1. The molecule has 1 aliphatic rings. The molecule has 28 heavy (non-hydrogen) atoms. The number of thioether (sulfide) groups is 1. The van der Waals surface area contributed by atoms with Gasteiger partial charge in [-0.05, 0) is 36.0 Å². The second kappa shape index (κ2) is 8.14. The topological polar surface area (TPSA) is 57.7 Å². The number of piperazine rings is 1. The van der Waals surface area contributed by atoms with Crippen LogP contribution in [0.3, 0.4) is 0 Å². The molecule has 0 N–H and O–H groups in total. The summed E-state index contributed by atoms with van der Waals surface area (Å²) in [7, 11) is -3.67. The molecular weight excluding hydrogens is 413 g/mol. The number of benzene rings is 2. The van der Waals surface area contributed by atoms with Gasteiger partial charge in [-0.25, -0.2) is 8.42 Å². The van der Waals surface area contributed by atoms with Gasteiger partial charge in [0.1, 0.15) is 0 Å². The van der Waals surface area contributed by atoms with Crippen LogP contribution in [0.2, 0.25) is 0 Å². The minimum Gasteiger partial charge on any atom is -0.336 e. The summed E-state index contributed by atoms with van der Waals surface area (Å²) >= 11 is -0.332. The maximum atomic E-state index is 12.7. The van der Waals surface area contributed by atoms with Crippen LogP contribution >= 0.6 is 11.8 Å². The van der Waals surface area contributed by atoms with Crippen molar-refractivity contribution < 1.29 is 26.4 Å². The zero-order chi connectivity index (χ0) is 20.4. The lowest BCUT2D eigenvalue weighted by Gasteiger charge is -2.34. The van der Waals surface area contributed by atoms with E-state index in [-0.39, 0.29) is 53.3 Å². The molecule has 1 fully saturated rings. The fourth-order valence-electron chi connectivity index (χ4n) is 2.90. The van der Waals surface area contributed by atoms with E-state index < -0.39 is 21.4 Å². The first-order valence-corrected chi connectivity index (χ1v) is 10.6. The van der Waals surface area contributed by atoms with Gasteiger partial charge in [0.05, 0.1) is 10.5 Å². The number of nitrogens with zero attached hydrogens (tertiary/aromatic N) is 2. The molecule has 3 rings (SSSR count). The standard InChI is InChI=1S/C18H17F3N2O3S2/c19-18(20,21)27-16-9-5-4-8-15(16)17(24)22-10-12-23(13-11-22)28(25,26)14-6-2-1-3-7-14/h1-9H,10-13H2. The molecule has 150 valence electrons. The van der Waals surface area contributed by atoms with Gasteiger partial charge in [-0.15, -0.1) is 0 Å². The second-order valence-electron chi connectivity index (χ2n) is 6.05. The van der Waals surface area contributed by atoms with Gasteiger partial charge in [0.25, 0.3) is 5.91 Å². The van der Waals surface area contributed by atoms with Crippen LogP contribution in [0.5, 0.6) is 0 Å². The highest BCUT2D eigenvalue weighted by Crippen LogP contribution is 2.38. The van der Waals surface area contributed by atoms with Crippen LogP contribution in [0.15, 0.2) is 64.4 Å². The summed E-state index contributed by atoms with van der Waals surface area (Å²) in [5.41, 5.74) is -4.54. The number of carbonyl (C=O) groups excluding carboxylic acids is 1. The number of halogens is 3. The zero-order valence-electron chi connectivity index (χ0n) is 14.6. The van der Waals surface area contributed by atoms with E-state index >= 15 is 0 Å². The highest BCUT2D eigenvalue weighted by molar-refractivity contribution is 8.00. The molecule has 1 amide bonds. The molecule has 0 unspecified atom stereocenters. The highest BCUT2D eigenvalue weighted by atomic mass is 32.2.